The summed E-state index contributed by atoms with van der Waals surface area (Å²) in [6.07, 6.45) is 7.30. The molecule has 1 aromatic rings. The molecule has 0 N–H and O–H groups in total. The van der Waals surface area contributed by atoms with Crippen molar-refractivity contribution >= 4 is 15.7 Å². The van der Waals surface area contributed by atoms with Gasteiger partial charge in [0, 0.05) is 19.0 Å². The van der Waals surface area contributed by atoms with Crippen molar-refractivity contribution in [3.8, 4) is 0 Å². The number of rotatable bonds is 3. The average Bonchev–Trinajstić information content (AvgIpc) is 3.06. The van der Waals surface area contributed by atoms with Crippen LogP contribution in [0.2, 0.25) is 0 Å². The van der Waals surface area contributed by atoms with E-state index in [1.165, 1.54) is 0 Å². The first kappa shape index (κ1) is 15.3. The zero-order valence-electron chi connectivity index (χ0n) is 12.5. The molecule has 0 unspecified atom stereocenters. The van der Waals surface area contributed by atoms with Gasteiger partial charge < -0.3 is 4.90 Å². The van der Waals surface area contributed by atoms with E-state index in [-0.39, 0.29) is 11.8 Å². The monoisotopic (exact) mass is 319 g/mol. The molecule has 0 bridgehead atoms. The van der Waals surface area contributed by atoms with Gasteiger partial charge in [0.15, 0.2) is 9.84 Å². The summed E-state index contributed by atoms with van der Waals surface area (Å²) in [4.78, 5) is 14.6. The smallest absolute Gasteiger partial charge is 0.226 e. The van der Waals surface area contributed by atoms with E-state index in [9.17, 15) is 13.2 Å². The molecule has 5 heteroatoms. The van der Waals surface area contributed by atoms with E-state index in [0.717, 1.165) is 19.3 Å². The number of likely N-dealkylation sites (tertiary alicyclic amines) is 1. The summed E-state index contributed by atoms with van der Waals surface area (Å²) in [5.74, 6) is 0.151. The van der Waals surface area contributed by atoms with E-state index in [2.05, 4.69) is 12.2 Å². The van der Waals surface area contributed by atoms with Crippen LogP contribution in [0.4, 0.5) is 0 Å². The van der Waals surface area contributed by atoms with Crippen molar-refractivity contribution in [2.45, 2.75) is 35.8 Å². The molecule has 1 aromatic carbocycles. The van der Waals surface area contributed by atoms with Gasteiger partial charge in [-0.3, -0.25) is 4.79 Å². The fraction of sp³-hybridized carbons (Fsp3) is 0.471. The highest BCUT2D eigenvalue weighted by Gasteiger charge is 2.37. The topological polar surface area (TPSA) is 54.5 Å². The fourth-order valence-electron chi connectivity index (χ4n) is 3.26. The number of sulfone groups is 1. The largest absolute Gasteiger partial charge is 0.341 e. The predicted molar refractivity (Wildman–Crippen MR) is 85.1 cm³/mol. The number of allylic oxidation sites excluding steroid dienone is 2. The van der Waals surface area contributed by atoms with Crippen LogP contribution in [0.3, 0.4) is 0 Å². The molecule has 1 fully saturated rings. The zero-order chi connectivity index (χ0) is 15.6. The Morgan fingerprint density at radius 1 is 1.09 bits per heavy atom. The Kier molecular flexibility index (Phi) is 4.34. The number of carbonyl (C=O) groups excluding carboxylic acids is 1. The molecule has 1 amide bonds. The van der Waals surface area contributed by atoms with Gasteiger partial charge in [-0.15, -0.1) is 0 Å². The average molecular weight is 319 g/mol. The quantitative estimate of drug-likeness (QED) is 0.804. The van der Waals surface area contributed by atoms with Gasteiger partial charge >= 0.3 is 0 Å². The van der Waals surface area contributed by atoms with Crippen molar-refractivity contribution in [1.29, 1.82) is 0 Å². The number of nitrogens with zero attached hydrogens (tertiary/aromatic N) is 1. The maximum atomic E-state index is 12.6. The number of amides is 1. The molecule has 0 saturated carbocycles. The van der Waals surface area contributed by atoms with Gasteiger partial charge in [0.05, 0.1) is 10.1 Å². The van der Waals surface area contributed by atoms with Crippen molar-refractivity contribution in [2.24, 2.45) is 5.92 Å². The van der Waals surface area contributed by atoms with Crippen LogP contribution in [0.1, 0.15) is 25.7 Å². The first-order valence-electron chi connectivity index (χ1n) is 7.82. The Hall–Kier alpha value is -1.62. The van der Waals surface area contributed by atoms with Gasteiger partial charge in [0.2, 0.25) is 5.91 Å². The van der Waals surface area contributed by atoms with Crippen LogP contribution >= 0.6 is 0 Å². The molecular weight excluding hydrogens is 298 g/mol. The van der Waals surface area contributed by atoms with E-state index in [0.29, 0.717) is 24.4 Å². The Bertz CT molecular complexity index is 666. The fourth-order valence-corrected chi connectivity index (χ4v) is 4.97. The molecule has 4 nitrogen and oxygen atoms in total. The molecular formula is C17H21NO3S. The molecule has 0 radical (unpaired) electrons. The minimum absolute atomic E-state index is 0.0307. The highest BCUT2D eigenvalue weighted by atomic mass is 32.2. The zero-order valence-corrected chi connectivity index (χ0v) is 13.3. The van der Waals surface area contributed by atoms with E-state index < -0.39 is 15.1 Å². The summed E-state index contributed by atoms with van der Waals surface area (Å²) >= 11 is 0. The second-order valence-corrected chi connectivity index (χ2v) is 8.26. The minimum atomic E-state index is -3.34. The Balaban J connectivity index is 1.69. The molecule has 2 aliphatic rings. The van der Waals surface area contributed by atoms with Gasteiger partial charge in [-0.05, 0) is 37.8 Å². The highest BCUT2D eigenvalue weighted by molar-refractivity contribution is 7.92. The molecule has 1 aliphatic heterocycles. The molecule has 1 saturated heterocycles. The Labute approximate surface area is 131 Å². The van der Waals surface area contributed by atoms with Crippen LogP contribution in [-0.4, -0.2) is 37.6 Å². The van der Waals surface area contributed by atoms with Gasteiger partial charge in [-0.25, -0.2) is 8.42 Å². The third kappa shape index (κ3) is 2.95. The molecule has 3 rings (SSSR count). The summed E-state index contributed by atoms with van der Waals surface area (Å²) in [7, 11) is -3.34. The van der Waals surface area contributed by atoms with Crippen molar-refractivity contribution in [2.75, 3.05) is 13.1 Å². The van der Waals surface area contributed by atoms with Crippen molar-refractivity contribution in [1.82, 2.24) is 4.90 Å². The van der Waals surface area contributed by atoms with Crippen molar-refractivity contribution < 1.29 is 13.2 Å². The number of carbonyl (C=O) groups is 1. The van der Waals surface area contributed by atoms with E-state index in [1.807, 2.05) is 0 Å². The van der Waals surface area contributed by atoms with Crippen LogP contribution in [0.5, 0.6) is 0 Å². The summed E-state index contributed by atoms with van der Waals surface area (Å²) in [5, 5.41) is -0.474. The maximum Gasteiger partial charge on any atom is 0.226 e. The lowest BCUT2D eigenvalue weighted by molar-refractivity contribution is -0.134. The number of benzene rings is 1. The number of hydrogen-bond acceptors (Lipinski definition) is 3. The van der Waals surface area contributed by atoms with Crippen LogP contribution in [0.25, 0.3) is 0 Å². The first-order valence-corrected chi connectivity index (χ1v) is 9.36. The van der Waals surface area contributed by atoms with Crippen LogP contribution in [0.15, 0.2) is 47.4 Å². The lowest BCUT2D eigenvalue weighted by atomic mass is 9.93. The summed E-state index contributed by atoms with van der Waals surface area (Å²) in [6, 6.07) is 8.54. The van der Waals surface area contributed by atoms with Crippen LogP contribution in [0, 0.1) is 5.92 Å². The van der Waals surface area contributed by atoms with Crippen molar-refractivity contribution in [3.05, 3.63) is 42.5 Å². The normalized spacial score (nSPS) is 25.4. The van der Waals surface area contributed by atoms with Gasteiger partial charge in [-0.2, -0.15) is 0 Å². The number of hydrogen-bond donors (Lipinski definition) is 0. The minimum Gasteiger partial charge on any atom is -0.341 e. The Morgan fingerprint density at radius 3 is 2.55 bits per heavy atom. The van der Waals surface area contributed by atoms with Gasteiger partial charge in [0.25, 0.3) is 0 Å². The molecule has 22 heavy (non-hydrogen) atoms. The molecule has 1 aliphatic carbocycles. The molecule has 118 valence electrons. The van der Waals surface area contributed by atoms with E-state index in [1.54, 1.807) is 35.2 Å². The third-order valence-electron chi connectivity index (χ3n) is 4.59. The predicted octanol–water partition coefficient (Wildman–Crippen LogP) is 2.42. The maximum absolute atomic E-state index is 12.6. The van der Waals surface area contributed by atoms with Crippen molar-refractivity contribution in [3.63, 3.8) is 0 Å². The Morgan fingerprint density at radius 2 is 1.86 bits per heavy atom. The second kappa shape index (κ2) is 6.24. The van der Waals surface area contributed by atoms with Gasteiger partial charge in [-0.1, -0.05) is 30.4 Å². The molecule has 0 spiro atoms. The first-order chi connectivity index (χ1) is 10.6. The summed E-state index contributed by atoms with van der Waals surface area (Å²) in [6.45, 7) is 0.881. The SMILES string of the molecule is O=C([C@@H]1CC=CCC1)N1CC[C@H](S(=O)(=O)c2ccccc2)C1. The van der Waals surface area contributed by atoms with E-state index in [4.69, 9.17) is 0 Å². The molecule has 2 atom stereocenters. The summed E-state index contributed by atoms with van der Waals surface area (Å²) < 4.78 is 25.3. The third-order valence-corrected chi connectivity index (χ3v) is 6.78. The molecule has 0 aromatic heterocycles. The molecule has 1 heterocycles. The lowest BCUT2D eigenvalue weighted by Crippen LogP contribution is -2.36. The summed E-state index contributed by atoms with van der Waals surface area (Å²) in [5.41, 5.74) is 0. The lowest BCUT2D eigenvalue weighted by Gasteiger charge is -2.24. The van der Waals surface area contributed by atoms with Crippen LogP contribution in [-0.2, 0) is 14.6 Å². The van der Waals surface area contributed by atoms with E-state index >= 15 is 0 Å². The van der Waals surface area contributed by atoms with Crippen LogP contribution < -0.4 is 0 Å². The standard InChI is InChI=1S/C17H21NO3S/c19-17(14-7-3-1-4-8-14)18-12-11-16(13-18)22(20,21)15-9-5-2-6-10-15/h1-3,5-6,9-10,14,16H,4,7-8,11-13H2/t14-,16+/m1/s1. The van der Waals surface area contributed by atoms with Gasteiger partial charge in [0.1, 0.15) is 0 Å². The second-order valence-electron chi connectivity index (χ2n) is 6.03. The highest BCUT2D eigenvalue weighted by Crippen LogP contribution is 2.27.